The van der Waals surface area contributed by atoms with E-state index >= 15 is 0 Å². The van der Waals surface area contributed by atoms with E-state index in [1.54, 1.807) is 12.1 Å². The van der Waals surface area contributed by atoms with Crippen molar-refractivity contribution in [2.24, 2.45) is 0 Å². The van der Waals surface area contributed by atoms with Crippen LogP contribution in [-0.2, 0) is 0 Å². The smallest absolute Gasteiger partial charge is 0.252 e. The molecule has 0 fully saturated rings. The predicted octanol–water partition coefficient (Wildman–Crippen LogP) is 2.39. The van der Waals surface area contributed by atoms with Crippen molar-refractivity contribution in [3.8, 4) is 11.6 Å². The van der Waals surface area contributed by atoms with Crippen LogP contribution in [0.1, 0.15) is 28.8 Å². The molecule has 1 amide bonds. The van der Waals surface area contributed by atoms with E-state index in [9.17, 15) is 4.79 Å². The Bertz CT molecular complexity index is 655. The summed E-state index contributed by atoms with van der Waals surface area (Å²) >= 11 is 0. The van der Waals surface area contributed by atoms with Crippen LogP contribution in [0.25, 0.3) is 0 Å². The Morgan fingerprint density at radius 3 is 3.00 bits per heavy atom. The molecule has 5 nitrogen and oxygen atoms in total. The third-order valence-electron chi connectivity index (χ3n) is 3.60. The van der Waals surface area contributed by atoms with E-state index in [1.165, 1.54) is 6.20 Å². The van der Waals surface area contributed by atoms with Gasteiger partial charge in [0.1, 0.15) is 5.75 Å². The maximum atomic E-state index is 12.1. The van der Waals surface area contributed by atoms with Gasteiger partial charge >= 0.3 is 0 Å². The molecule has 2 aromatic rings. The van der Waals surface area contributed by atoms with Gasteiger partial charge in [0.05, 0.1) is 18.8 Å². The molecule has 1 aromatic heterocycles. The molecular weight excluding hydrogens is 280 g/mol. The Morgan fingerprint density at radius 2 is 2.23 bits per heavy atom. The quantitative estimate of drug-likeness (QED) is 0.920. The van der Waals surface area contributed by atoms with Crippen molar-refractivity contribution in [3.63, 3.8) is 0 Å². The van der Waals surface area contributed by atoms with Crippen molar-refractivity contribution >= 4 is 5.91 Å². The predicted molar refractivity (Wildman–Crippen MR) is 82.4 cm³/mol. The van der Waals surface area contributed by atoms with Crippen molar-refractivity contribution < 1.29 is 14.3 Å². The van der Waals surface area contributed by atoms with Gasteiger partial charge in [-0.25, -0.2) is 4.98 Å². The first kappa shape index (κ1) is 14.4. The molecule has 1 aliphatic rings. The van der Waals surface area contributed by atoms with Crippen LogP contribution in [0.15, 0.2) is 42.6 Å². The number of ether oxygens (including phenoxy) is 2. The summed E-state index contributed by atoms with van der Waals surface area (Å²) in [7, 11) is 0. The zero-order valence-corrected chi connectivity index (χ0v) is 12.4. The van der Waals surface area contributed by atoms with Crippen molar-refractivity contribution in [1.82, 2.24) is 10.3 Å². The number of hydrogen-bond donors (Lipinski definition) is 1. The molecule has 0 aliphatic carbocycles. The molecule has 0 saturated heterocycles. The second kappa shape index (κ2) is 6.47. The van der Waals surface area contributed by atoms with Gasteiger partial charge in [-0.05, 0) is 19.1 Å². The summed E-state index contributed by atoms with van der Waals surface area (Å²) in [5.74, 6) is 1.48. The van der Waals surface area contributed by atoms with E-state index < -0.39 is 0 Å². The fraction of sp³-hybridized carbons (Fsp3) is 0.294. The van der Waals surface area contributed by atoms with Gasteiger partial charge in [-0.1, -0.05) is 18.2 Å². The molecule has 0 unspecified atom stereocenters. The second-order valence-electron chi connectivity index (χ2n) is 5.07. The first-order valence-corrected chi connectivity index (χ1v) is 7.36. The lowest BCUT2D eigenvalue weighted by Crippen LogP contribution is -2.29. The van der Waals surface area contributed by atoms with E-state index in [0.29, 0.717) is 31.2 Å². The highest BCUT2D eigenvalue weighted by atomic mass is 16.5. The van der Waals surface area contributed by atoms with Crippen LogP contribution in [0.3, 0.4) is 0 Å². The number of hydrogen-bond acceptors (Lipinski definition) is 4. The molecule has 0 radical (unpaired) electrons. The lowest BCUT2D eigenvalue weighted by atomic mass is 10.0. The van der Waals surface area contributed by atoms with Gasteiger partial charge in [0, 0.05) is 30.3 Å². The van der Waals surface area contributed by atoms with Gasteiger partial charge in [-0.15, -0.1) is 0 Å². The van der Waals surface area contributed by atoms with Crippen LogP contribution in [0.2, 0.25) is 0 Å². The Morgan fingerprint density at radius 1 is 1.36 bits per heavy atom. The third-order valence-corrected chi connectivity index (χ3v) is 3.60. The second-order valence-corrected chi connectivity index (χ2v) is 5.07. The number of benzene rings is 1. The average molecular weight is 298 g/mol. The molecule has 22 heavy (non-hydrogen) atoms. The standard InChI is InChI=1S/C17H18N2O3/c1-2-21-16-8-7-12(9-18-16)17(20)19-10-13-11-22-15-6-4-3-5-14(13)15/h3-9,13H,2,10-11H2,1H3,(H,19,20)/t13-/m0/s1. The lowest BCUT2D eigenvalue weighted by Gasteiger charge is -2.10. The number of pyridine rings is 1. The normalized spacial score (nSPS) is 15.8. The van der Waals surface area contributed by atoms with Crippen molar-refractivity contribution in [1.29, 1.82) is 0 Å². The number of rotatable bonds is 5. The number of carbonyl (C=O) groups excluding carboxylic acids is 1. The number of aromatic nitrogens is 1. The molecule has 1 N–H and O–H groups in total. The zero-order valence-electron chi connectivity index (χ0n) is 12.4. The molecule has 1 aromatic carbocycles. The molecule has 0 saturated carbocycles. The zero-order chi connectivity index (χ0) is 15.4. The summed E-state index contributed by atoms with van der Waals surface area (Å²) in [4.78, 5) is 16.2. The molecular formula is C17H18N2O3. The summed E-state index contributed by atoms with van der Waals surface area (Å²) in [5.41, 5.74) is 1.67. The van der Waals surface area contributed by atoms with Gasteiger partial charge in [-0.3, -0.25) is 4.79 Å². The Labute approximate surface area is 129 Å². The van der Waals surface area contributed by atoms with Crippen LogP contribution < -0.4 is 14.8 Å². The Balaban J connectivity index is 1.59. The molecule has 1 atom stereocenters. The minimum atomic E-state index is -0.139. The van der Waals surface area contributed by atoms with Crippen LogP contribution in [0.4, 0.5) is 0 Å². The molecule has 0 spiro atoms. The van der Waals surface area contributed by atoms with Crippen LogP contribution >= 0.6 is 0 Å². The van der Waals surface area contributed by atoms with Gasteiger partial charge in [0.15, 0.2) is 0 Å². The highest BCUT2D eigenvalue weighted by Crippen LogP contribution is 2.32. The third kappa shape index (κ3) is 3.03. The topological polar surface area (TPSA) is 60.5 Å². The molecule has 0 bridgehead atoms. The fourth-order valence-corrected chi connectivity index (χ4v) is 2.46. The van der Waals surface area contributed by atoms with E-state index in [4.69, 9.17) is 9.47 Å². The summed E-state index contributed by atoms with van der Waals surface area (Å²) in [5, 5.41) is 2.93. The number of nitrogens with one attached hydrogen (secondary N) is 1. The molecule has 2 heterocycles. The number of fused-ring (bicyclic) bond motifs is 1. The summed E-state index contributed by atoms with van der Waals surface area (Å²) < 4.78 is 10.9. The Kier molecular flexibility index (Phi) is 4.23. The largest absolute Gasteiger partial charge is 0.493 e. The van der Waals surface area contributed by atoms with E-state index in [1.807, 2.05) is 31.2 Å². The van der Waals surface area contributed by atoms with Crippen molar-refractivity contribution in [2.45, 2.75) is 12.8 Å². The van der Waals surface area contributed by atoms with Crippen LogP contribution in [-0.4, -0.2) is 30.6 Å². The highest BCUT2D eigenvalue weighted by molar-refractivity contribution is 5.93. The number of para-hydroxylation sites is 1. The van der Waals surface area contributed by atoms with E-state index in [2.05, 4.69) is 10.3 Å². The maximum Gasteiger partial charge on any atom is 0.252 e. The van der Waals surface area contributed by atoms with Crippen molar-refractivity contribution in [3.05, 3.63) is 53.7 Å². The molecule has 1 aliphatic heterocycles. The van der Waals surface area contributed by atoms with Crippen LogP contribution in [0, 0.1) is 0 Å². The molecule has 5 heteroatoms. The number of carbonyl (C=O) groups is 1. The molecule has 3 rings (SSSR count). The fourth-order valence-electron chi connectivity index (χ4n) is 2.46. The highest BCUT2D eigenvalue weighted by Gasteiger charge is 2.24. The monoisotopic (exact) mass is 298 g/mol. The minimum absolute atomic E-state index is 0.139. The molecule has 114 valence electrons. The van der Waals surface area contributed by atoms with Gasteiger partial charge in [-0.2, -0.15) is 0 Å². The van der Waals surface area contributed by atoms with Crippen molar-refractivity contribution in [2.75, 3.05) is 19.8 Å². The maximum absolute atomic E-state index is 12.1. The van der Waals surface area contributed by atoms with Gasteiger partial charge in [0.2, 0.25) is 5.88 Å². The van der Waals surface area contributed by atoms with Gasteiger partial charge in [0.25, 0.3) is 5.91 Å². The number of amides is 1. The first-order chi connectivity index (χ1) is 10.8. The summed E-state index contributed by atoms with van der Waals surface area (Å²) in [6, 6.07) is 11.3. The summed E-state index contributed by atoms with van der Waals surface area (Å²) in [6.45, 7) is 3.59. The number of nitrogens with zero attached hydrogens (tertiary/aromatic N) is 1. The average Bonchev–Trinajstić information content (AvgIpc) is 2.97. The first-order valence-electron chi connectivity index (χ1n) is 7.36. The Hall–Kier alpha value is -2.56. The van der Waals surface area contributed by atoms with Gasteiger partial charge < -0.3 is 14.8 Å². The van der Waals surface area contributed by atoms with E-state index in [-0.39, 0.29) is 11.8 Å². The van der Waals surface area contributed by atoms with Crippen LogP contribution in [0.5, 0.6) is 11.6 Å². The summed E-state index contributed by atoms with van der Waals surface area (Å²) in [6.07, 6.45) is 1.53. The minimum Gasteiger partial charge on any atom is -0.493 e. The lowest BCUT2D eigenvalue weighted by molar-refractivity contribution is 0.0949. The van der Waals surface area contributed by atoms with E-state index in [0.717, 1.165) is 11.3 Å². The SMILES string of the molecule is CCOc1ccc(C(=O)NC[C@H]2COc3ccccc32)cn1.